The van der Waals surface area contributed by atoms with Crippen LogP contribution in [0.2, 0.25) is 5.02 Å². The van der Waals surface area contributed by atoms with E-state index in [0.29, 0.717) is 23.1 Å². The van der Waals surface area contributed by atoms with Crippen LogP contribution in [0.4, 0.5) is 0 Å². The van der Waals surface area contributed by atoms with Crippen molar-refractivity contribution in [1.82, 2.24) is 14.8 Å². The number of nitrogens with zero attached hydrogens (tertiary/aromatic N) is 3. The number of hydrogen-bond acceptors (Lipinski definition) is 3. The van der Waals surface area contributed by atoms with Gasteiger partial charge in [-0.15, -0.1) is 0 Å². The average molecular weight is 237 g/mol. The summed E-state index contributed by atoms with van der Waals surface area (Å²) in [6.45, 7) is 2.46. The fourth-order valence-corrected chi connectivity index (χ4v) is 1.84. The van der Waals surface area contributed by atoms with Gasteiger partial charge in [0.05, 0.1) is 10.9 Å². The molecule has 0 aliphatic rings. The first kappa shape index (κ1) is 10.7. The third kappa shape index (κ3) is 1.48. The molecule has 0 spiro atoms. The van der Waals surface area contributed by atoms with E-state index >= 15 is 0 Å². The van der Waals surface area contributed by atoms with Crippen molar-refractivity contribution >= 4 is 22.6 Å². The molecular weight excluding hydrogens is 228 g/mol. The van der Waals surface area contributed by atoms with Crippen LogP contribution in [-0.2, 0) is 6.54 Å². The number of nitriles is 1. The van der Waals surface area contributed by atoms with Gasteiger partial charge in [-0.25, -0.2) is 4.68 Å². The molecule has 6 heteroatoms. The second-order valence-corrected chi connectivity index (χ2v) is 3.76. The molecule has 16 heavy (non-hydrogen) atoms. The molecule has 82 valence electrons. The van der Waals surface area contributed by atoms with Crippen LogP contribution in [0.25, 0.3) is 11.0 Å². The third-order valence-electron chi connectivity index (χ3n) is 2.28. The second-order valence-electron chi connectivity index (χ2n) is 3.38. The standard InChI is InChI=1S/C10H9ClN4O/c1-2-3-15-10(16)8(11)7-6(4-12)5-13-9(7)14-15/h5H,2-3H2,1H3,(H,13,14). The minimum Gasteiger partial charge on any atom is -0.343 e. The van der Waals surface area contributed by atoms with Crippen LogP contribution in [0.1, 0.15) is 18.9 Å². The van der Waals surface area contributed by atoms with Gasteiger partial charge in [0.1, 0.15) is 11.1 Å². The van der Waals surface area contributed by atoms with Gasteiger partial charge >= 0.3 is 0 Å². The van der Waals surface area contributed by atoms with E-state index in [0.717, 1.165) is 6.42 Å². The molecule has 2 rings (SSSR count). The molecule has 0 atom stereocenters. The Morgan fingerprint density at radius 1 is 1.69 bits per heavy atom. The van der Waals surface area contributed by atoms with Crippen LogP contribution in [0, 0.1) is 11.3 Å². The van der Waals surface area contributed by atoms with Crippen LogP contribution in [0.5, 0.6) is 0 Å². The van der Waals surface area contributed by atoms with Crippen molar-refractivity contribution in [1.29, 1.82) is 5.26 Å². The van der Waals surface area contributed by atoms with E-state index in [1.165, 1.54) is 10.9 Å². The Bertz CT molecular complexity index is 635. The first-order chi connectivity index (χ1) is 7.69. The van der Waals surface area contributed by atoms with Crippen LogP contribution in [0.15, 0.2) is 11.0 Å². The van der Waals surface area contributed by atoms with Gasteiger partial charge in [0.2, 0.25) is 0 Å². The zero-order chi connectivity index (χ0) is 11.7. The lowest BCUT2D eigenvalue weighted by molar-refractivity contribution is 0.576. The third-order valence-corrected chi connectivity index (χ3v) is 2.63. The Kier molecular flexibility index (Phi) is 2.67. The van der Waals surface area contributed by atoms with Crippen LogP contribution < -0.4 is 5.56 Å². The number of rotatable bonds is 2. The van der Waals surface area contributed by atoms with Crippen molar-refractivity contribution < 1.29 is 0 Å². The largest absolute Gasteiger partial charge is 0.343 e. The van der Waals surface area contributed by atoms with Crippen LogP contribution in [0.3, 0.4) is 0 Å². The Labute approximate surface area is 96.3 Å². The molecule has 0 aliphatic heterocycles. The Hall–Kier alpha value is -1.80. The average Bonchev–Trinajstić information content (AvgIpc) is 2.68. The molecule has 0 saturated heterocycles. The molecule has 0 unspecified atom stereocenters. The fourth-order valence-electron chi connectivity index (χ4n) is 1.55. The van der Waals surface area contributed by atoms with Gasteiger partial charge in [0.15, 0.2) is 5.65 Å². The number of aromatic nitrogens is 3. The summed E-state index contributed by atoms with van der Waals surface area (Å²) in [6, 6.07) is 1.97. The SMILES string of the molecule is CCCn1nc2[nH]cc(C#N)c2c(Cl)c1=O. The molecule has 2 aromatic heterocycles. The van der Waals surface area contributed by atoms with Gasteiger partial charge in [-0.1, -0.05) is 18.5 Å². The van der Waals surface area contributed by atoms with E-state index in [2.05, 4.69) is 10.1 Å². The van der Waals surface area contributed by atoms with E-state index < -0.39 is 0 Å². The Morgan fingerprint density at radius 3 is 3.06 bits per heavy atom. The number of aromatic amines is 1. The molecule has 0 saturated carbocycles. The summed E-state index contributed by atoms with van der Waals surface area (Å²) in [6.07, 6.45) is 2.29. The van der Waals surface area contributed by atoms with Crippen molar-refractivity contribution in [3.05, 3.63) is 27.1 Å². The van der Waals surface area contributed by atoms with Crippen molar-refractivity contribution in [3.63, 3.8) is 0 Å². The lowest BCUT2D eigenvalue weighted by Gasteiger charge is -2.03. The van der Waals surface area contributed by atoms with Gasteiger partial charge in [0.25, 0.3) is 5.56 Å². The molecule has 1 N–H and O–H groups in total. The molecule has 2 heterocycles. The van der Waals surface area contributed by atoms with Crippen molar-refractivity contribution in [3.8, 4) is 6.07 Å². The monoisotopic (exact) mass is 236 g/mol. The molecule has 0 bridgehead atoms. The molecule has 0 aromatic carbocycles. The molecule has 0 fully saturated rings. The summed E-state index contributed by atoms with van der Waals surface area (Å²) < 4.78 is 1.31. The minimum atomic E-state index is -0.355. The predicted octanol–water partition coefficient (Wildman–Crippen LogP) is 1.66. The fraction of sp³-hybridized carbons (Fsp3) is 0.300. The van der Waals surface area contributed by atoms with Gasteiger partial charge in [0, 0.05) is 12.7 Å². The number of nitrogens with one attached hydrogen (secondary N) is 1. The van der Waals surface area contributed by atoms with Gasteiger partial charge < -0.3 is 4.98 Å². The highest BCUT2D eigenvalue weighted by molar-refractivity contribution is 6.35. The van der Waals surface area contributed by atoms with Crippen molar-refractivity contribution in [2.24, 2.45) is 0 Å². The highest BCUT2D eigenvalue weighted by Gasteiger charge is 2.14. The lowest BCUT2D eigenvalue weighted by Crippen LogP contribution is -2.23. The lowest BCUT2D eigenvalue weighted by atomic mass is 10.2. The molecule has 0 amide bonds. The molecule has 0 aliphatic carbocycles. The maximum absolute atomic E-state index is 11.8. The number of H-pyrrole nitrogens is 1. The highest BCUT2D eigenvalue weighted by Crippen LogP contribution is 2.21. The molecular formula is C10H9ClN4O. The van der Waals surface area contributed by atoms with E-state index in [9.17, 15) is 4.79 Å². The zero-order valence-electron chi connectivity index (χ0n) is 8.62. The predicted molar refractivity (Wildman–Crippen MR) is 60.4 cm³/mol. The quantitative estimate of drug-likeness (QED) is 0.862. The summed E-state index contributed by atoms with van der Waals surface area (Å²) in [5, 5.41) is 13.4. The maximum atomic E-state index is 11.8. The van der Waals surface area contributed by atoms with E-state index in [1.807, 2.05) is 13.0 Å². The normalized spacial score (nSPS) is 10.6. The number of hydrogen-bond donors (Lipinski definition) is 1. The van der Waals surface area contributed by atoms with Gasteiger partial charge in [-0.2, -0.15) is 10.4 Å². The van der Waals surface area contributed by atoms with Gasteiger partial charge in [-0.3, -0.25) is 4.79 Å². The summed E-state index contributed by atoms with van der Waals surface area (Å²) in [5.74, 6) is 0. The zero-order valence-corrected chi connectivity index (χ0v) is 9.38. The van der Waals surface area contributed by atoms with Gasteiger partial charge in [-0.05, 0) is 6.42 Å². The molecule has 0 radical (unpaired) electrons. The van der Waals surface area contributed by atoms with Crippen molar-refractivity contribution in [2.75, 3.05) is 0 Å². The first-order valence-electron chi connectivity index (χ1n) is 4.86. The Balaban J connectivity index is 2.81. The summed E-state index contributed by atoms with van der Waals surface area (Å²) in [4.78, 5) is 14.6. The smallest absolute Gasteiger partial charge is 0.286 e. The first-order valence-corrected chi connectivity index (χ1v) is 5.24. The molecule has 5 nitrogen and oxygen atoms in total. The second kappa shape index (κ2) is 3.99. The summed E-state index contributed by atoms with van der Waals surface area (Å²) >= 11 is 5.95. The van der Waals surface area contributed by atoms with E-state index in [4.69, 9.17) is 16.9 Å². The van der Waals surface area contributed by atoms with E-state index in [-0.39, 0.29) is 10.6 Å². The number of halogens is 1. The Morgan fingerprint density at radius 2 is 2.44 bits per heavy atom. The van der Waals surface area contributed by atoms with E-state index in [1.54, 1.807) is 0 Å². The maximum Gasteiger partial charge on any atom is 0.286 e. The van der Waals surface area contributed by atoms with Crippen LogP contribution in [-0.4, -0.2) is 14.8 Å². The number of fused-ring (bicyclic) bond motifs is 1. The minimum absolute atomic E-state index is 0.0521. The summed E-state index contributed by atoms with van der Waals surface area (Å²) in [7, 11) is 0. The highest BCUT2D eigenvalue weighted by atomic mass is 35.5. The molecule has 2 aromatic rings. The topological polar surface area (TPSA) is 74.5 Å². The van der Waals surface area contributed by atoms with Crippen molar-refractivity contribution in [2.45, 2.75) is 19.9 Å². The van der Waals surface area contributed by atoms with Crippen LogP contribution >= 0.6 is 11.6 Å². The number of aryl methyl sites for hydroxylation is 1. The summed E-state index contributed by atoms with van der Waals surface area (Å²) in [5.41, 5.74) is 0.454.